The molecular weight excluding hydrogens is 340 g/mol. The Kier molecular flexibility index (Phi) is 6.51. The van der Waals surface area contributed by atoms with Crippen molar-refractivity contribution in [3.05, 3.63) is 60.2 Å². The van der Waals surface area contributed by atoms with Crippen LogP contribution >= 0.6 is 0 Å². The minimum absolute atomic E-state index is 0.0841. The van der Waals surface area contributed by atoms with Crippen molar-refractivity contribution in [3.8, 4) is 11.5 Å². The molecule has 2 aromatic rings. The molecule has 1 fully saturated rings. The van der Waals surface area contributed by atoms with E-state index in [1.807, 2.05) is 36.4 Å². The summed E-state index contributed by atoms with van der Waals surface area (Å²) in [6, 6.07) is 18.3. The third-order valence-electron chi connectivity index (χ3n) is 5.32. The van der Waals surface area contributed by atoms with Gasteiger partial charge in [0, 0.05) is 6.61 Å². The maximum Gasteiger partial charge on any atom is 0.305 e. The second-order valence-electron chi connectivity index (χ2n) is 7.76. The van der Waals surface area contributed by atoms with Crippen LogP contribution in [0, 0.1) is 5.41 Å². The number of aliphatic carboxylic acids is 1. The molecule has 0 aliphatic heterocycles. The number of hydrogen-bond donors (Lipinski definition) is 1. The summed E-state index contributed by atoms with van der Waals surface area (Å²) in [5.74, 6) is 1.53. The summed E-state index contributed by atoms with van der Waals surface area (Å²) in [6.07, 6.45) is 4.55. The molecule has 1 aliphatic rings. The predicted molar refractivity (Wildman–Crippen MR) is 105 cm³/mol. The average Bonchev–Trinajstić information content (AvgIpc) is 2.63. The number of rotatable bonds is 10. The maximum absolute atomic E-state index is 10.5. The summed E-state index contributed by atoms with van der Waals surface area (Å²) in [5.41, 5.74) is 1.70. The van der Waals surface area contributed by atoms with Crippen molar-refractivity contribution >= 4 is 5.97 Å². The fourth-order valence-corrected chi connectivity index (χ4v) is 3.89. The number of ether oxygens (including phenoxy) is 2. The molecule has 4 heteroatoms. The highest BCUT2D eigenvalue weighted by molar-refractivity contribution is 5.66. The summed E-state index contributed by atoms with van der Waals surface area (Å²) < 4.78 is 11.3. The summed E-state index contributed by atoms with van der Waals surface area (Å²) >= 11 is 0. The SMILES string of the molecule is CC1(CCCOCCC(=O)O)CC(c2cccc(Oc3ccccc3)c2)C1. The van der Waals surface area contributed by atoms with Crippen LogP contribution in [0.1, 0.15) is 50.5 Å². The largest absolute Gasteiger partial charge is 0.481 e. The zero-order valence-corrected chi connectivity index (χ0v) is 15.9. The van der Waals surface area contributed by atoms with Crippen LogP contribution in [0.5, 0.6) is 11.5 Å². The number of carboxylic acid groups (broad SMARTS) is 1. The first-order chi connectivity index (χ1) is 13.0. The van der Waals surface area contributed by atoms with Gasteiger partial charge in [0.05, 0.1) is 13.0 Å². The van der Waals surface area contributed by atoms with Gasteiger partial charge < -0.3 is 14.6 Å². The van der Waals surface area contributed by atoms with Gasteiger partial charge >= 0.3 is 5.97 Å². The second kappa shape index (κ2) is 9.05. The van der Waals surface area contributed by atoms with Gasteiger partial charge in [-0.1, -0.05) is 37.3 Å². The molecule has 1 saturated carbocycles. The third-order valence-corrected chi connectivity index (χ3v) is 5.32. The Morgan fingerprint density at radius 3 is 2.56 bits per heavy atom. The number of benzene rings is 2. The molecule has 1 N–H and O–H groups in total. The van der Waals surface area contributed by atoms with E-state index < -0.39 is 5.97 Å². The highest BCUT2D eigenvalue weighted by atomic mass is 16.5. The van der Waals surface area contributed by atoms with Crippen LogP contribution in [-0.2, 0) is 9.53 Å². The van der Waals surface area contributed by atoms with Crippen molar-refractivity contribution < 1.29 is 19.4 Å². The van der Waals surface area contributed by atoms with Crippen LogP contribution in [0.3, 0.4) is 0 Å². The lowest BCUT2D eigenvalue weighted by Crippen LogP contribution is -2.33. The van der Waals surface area contributed by atoms with Gasteiger partial charge in [-0.05, 0) is 66.8 Å². The second-order valence-corrected chi connectivity index (χ2v) is 7.76. The Bertz CT molecular complexity index is 735. The smallest absolute Gasteiger partial charge is 0.305 e. The molecule has 4 nitrogen and oxygen atoms in total. The van der Waals surface area contributed by atoms with E-state index in [0.29, 0.717) is 24.5 Å². The van der Waals surface area contributed by atoms with Crippen molar-refractivity contribution in [2.75, 3.05) is 13.2 Å². The Labute approximate surface area is 161 Å². The summed E-state index contributed by atoms with van der Waals surface area (Å²) in [4.78, 5) is 10.5. The molecule has 0 bridgehead atoms. The molecular formula is C23H28O4. The molecule has 3 rings (SSSR count). The van der Waals surface area contributed by atoms with E-state index in [4.69, 9.17) is 14.6 Å². The highest BCUT2D eigenvalue weighted by Gasteiger charge is 2.40. The van der Waals surface area contributed by atoms with Gasteiger partial charge in [0.2, 0.25) is 0 Å². The lowest BCUT2D eigenvalue weighted by Gasteiger charge is -2.46. The molecule has 0 radical (unpaired) electrons. The van der Waals surface area contributed by atoms with Gasteiger partial charge in [-0.2, -0.15) is 0 Å². The highest BCUT2D eigenvalue weighted by Crippen LogP contribution is 2.53. The van der Waals surface area contributed by atoms with Gasteiger partial charge in [0.1, 0.15) is 11.5 Å². The lowest BCUT2D eigenvalue weighted by atomic mass is 9.59. The Hall–Kier alpha value is -2.33. The summed E-state index contributed by atoms with van der Waals surface area (Å²) in [5, 5.41) is 8.60. The summed E-state index contributed by atoms with van der Waals surface area (Å²) in [6.45, 7) is 3.29. The van der Waals surface area contributed by atoms with Crippen LogP contribution in [0.15, 0.2) is 54.6 Å². The number of carbonyl (C=O) groups is 1. The monoisotopic (exact) mass is 368 g/mol. The Morgan fingerprint density at radius 1 is 1.07 bits per heavy atom. The van der Waals surface area contributed by atoms with Crippen molar-refractivity contribution in [3.63, 3.8) is 0 Å². The quantitative estimate of drug-likeness (QED) is 0.552. The minimum Gasteiger partial charge on any atom is -0.481 e. The Balaban J connectivity index is 1.43. The predicted octanol–water partition coefficient (Wildman–Crippen LogP) is 5.63. The van der Waals surface area contributed by atoms with Crippen molar-refractivity contribution in [2.24, 2.45) is 5.41 Å². The molecule has 0 aromatic heterocycles. The van der Waals surface area contributed by atoms with Crippen LogP contribution < -0.4 is 4.74 Å². The van der Waals surface area contributed by atoms with Crippen LogP contribution in [0.25, 0.3) is 0 Å². The molecule has 1 aliphatic carbocycles. The molecule has 2 aromatic carbocycles. The molecule has 0 saturated heterocycles. The molecule has 0 unspecified atom stereocenters. The maximum atomic E-state index is 10.5. The third kappa shape index (κ3) is 5.83. The van der Waals surface area contributed by atoms with E-state index in [0.717, 1.165) is 24.3 Å². The van der Waals surface area contributed by atoms with Crippen molar-refractivity contribution in [1.82, 2.24) is 0 Å². The fraction of sp³-hybridized carbons (Fsp3) is 0.435. The Morgan fingerprint density at radius 2 is 1.81 bits per heavy atom. The number of hydrogen-bond acceptors (Lipinski definition) is 3. The average molecular weight is 368 g/mol. The van der Waals surface area contributed by atoms with Gasteiger partial charge in [0.25, 0.3) is 0 Å². The number of carboxylic acids is 1. The van der Waals surface area contributed by atoms with E-state index >= 15 is 0 Å². The van der Waals surface area contributed by atoms with E-state index in [1.165, 1.54) is 18.4 Å². The van der Waals surface area contributed by atoms with E-state index in [-0.39, 0.29) is 6.42 Å². The molecule has 0 heterocycles. The van der Waals surface area contributed by atoms with Crippen molar-refractivity contribution in [1.29, 1.82) is 0 Å². The van der Waals surface area contributed by atoms with E-state index in [1.54, 1.807) is 0 Å². The van der Waals surface area contributed by atoms with Gasteiger partial charge in [0.15, 0.2) is 0 Å². The zero-order chi connectivity index (χ0) is 19.1. The minimum atomic E-state index is -0.803. The first kappa shape index (κ1) is 19.4. The molecule has 0 spiro atoms. The summed E-state index contributed by atoms with van der Waals surface area (Å²) in [7, 11) is 0. The van der Waals surface area contributed by atoms with Gasteiger partial charge in [-0.25, -0.2) is 0 Å². The van der Waals surface area contributed by atoms with Crippen LogP contribution in [-0.4, -0.2) is 24.3 Å². The lowest BCUT2D eigenvalue weighted by molar-refractivity contribution is -0.138. The zero-order valence-electron chi connectivity index (χ0n) is 15.9. The first-order valence-corrected chi connectivity index (χ1v) is 9.66. The fourth-order valence-electron chi connectivity index (χ4n) is 3.89. The molecule has 0 atom stereocenters. The molecule has 0 amide bonds. The van der Waals surface area contributed by atoms with Crippen molar-refractivity contribution in [2.45, 2.75) is 44.9 Å². The van der Waals surface area contributed by atoms with Crippen LogP contribution in [0.4, 0.5) is 0 Å². The molecule has 27 heavy (non-hydrogen) atoms. The van der Waals surface area contributed by atoms with Crippen LogP contribution in [0.2, 0.25) is 0 Å². The first-order valence-electron chi connectivity index (χ1n) is 9.66. The normalized spacial score (nSPS) is 21.4. The number of para-hydroxylation sites is 1. The van der Waals surface area contributed by atoms with E-state index in [2.05, 4.69) is 25.1 Å². The van der Waals surface area contributed by atoms with Gasteiger partial charge in [-0.15, -0.1) is 0 Å². The standard InChI is InChI=1S/C23H28O4/c1-23(12-6-13-26-14-11-22(24)25)16-19(17-23)18-7-5-10-21(15-18)27-20-8-3-2-4-9-20/h2-5,7-10,15,19H,6,11-14,16-17H2,1H3,(H,24,25). The topological polar surface area (TPSA) is 55.8 Å². The molecule has 144 valence electrons. The van der Waals surface area contributed by atoms with Gasteiger partial charge in [-0.3, -0.25) is 4.79 Å². The van der Waals surface area contributed by atoms with E-state index in [9.17, 15) is 4.79 Å².